The Morgan fingerprint density at radius 2 is 1.81 bits per heavy atom. The minimum atomic E-state index is 0.124. The standard InChI is InChI=1S/C14H26N2/c1-7-8-9-14(5,6)12-11(13(2,3)4)15-10-16-12/h10H,7-9H2,1-6H3,(H,15,16). The molecule has 0 bridgehead atoms. The predicted octanol–water partition coefficient (Wildman–Crippen LogP) is 4.18. The molecule has 1 aromatic rings. The molecule has 0 spiro atoms. The lowest BCUT2D eigenvalue weighted by Crippen LogP contribution is -2.24. The van der Waals surface area contributed by atoms with Gasteiger partial charge in [-0.15, -0.1) is 0 Å². The van der Waals surface area contributed by atoms with Crippen LogP contribution in [-0.2, 0) is 10.8 Å². The molecule has 0 aliphatic carbocycles. The van der Waals surface area contributed by atoms with Gasteiger partial charge in [0.15, 0.2) is 0 Å². The van der Waals surface area contributed by atoms with Crippen LogP contribution in [0.3, 0.4) is 0 Å². The Bertz CT molecular complexity index is 329. The minimum Gasteiger partial charge on any atom is -0.348 e. The van der Waals surface area contributed by atoms with E-state index < -0.39 is 0 Å². The van der Waals surface area contributed by atoms with Gasteiger partial charge >= 0.3 is 0 Å². The van der Waals surface area contributed by atoms with Crippen LogP contribution in [0, 0.1) is 0 Å². The Kier molecular flexibility index (Phi) is 3.82. The van der Waals surface area contributed by atoms with Crippen molar-refractivity contribution >= 4 is 0 Å². The minimum absolute atomic E-state index is 0.124. The van der Waals surface area contributed by atoms with E-state index >= 15 is 0 Å². The van der Waals surface area contributed by atoms with Gasteiger partial charge < -0.3 is 4.98 Å². The van der Waals surface area contributed by atoms with Crippen molar-refractivity contribution in [3.8, 4) is 0 Å². The van der Waals surface area contributed by atoms with Crippen LogP contribution >= 0.6 is 0 Å². The summed E-state index contributed by atoms with van der Waals surface area (Å²) in [5, 5.41) is 0. The maximum absolute atomic E-state index is 4.51. The number of hydrogen-bond acceptors (Lipinski definition) is 1. The quantitative estimate of drug-likeness (QED) is 0.813. The van der Waals surface area contributed by atoms with Gasteiger partial charge in [0.1, 0.15) is 0 Å². The van der Waals surface area contributed by atoms with E-state index in [1.165, 1.54) is 30.7 Å². The van der Waals surface area contributed by atoms with Crippen LogP contribution in [-0.4, -0.2) is 9.97 Å². The summed E-state index contributed by atoms with van der Waals surface area (Å²) in [6.45, 7) is 13.5. The third-order valence-corrected chi connectivity index (χ3v) is 3.18. The fourth-order valence-corrected chi connectivity index (χ4v) is 2.12. The van der Waals surface area contributed by atoms with E-state index in [0.717, 1.165) is 0 Å². The summed E-state index contributed by atoms with van der Waals surface area (Å²) in [6, 6.07) is 0. The van der Waals surface area contributed by atoms with Crippen LogP contribution in [0.4, 0.5) is 0 Å². The second-order valence-corrected chi connectivity index (χ2v) is 6.36. The zero-order chi connectivity index (χ0) is 12.4. The summed E-state index contributed by atoms with van der Waals surface area (Å²) in [5.41, 5.74) is 2.86. The molecule has 0 aliphatic rings. The molecule has 0 amide bonds. The summed E-state index contributed by atoms with van der Waals surface area (Å²) in [4.78, 5) is 7.86. The molecule has 0 radical (unpaired) electrons. The third kappa shape index (κ3) is 2.87. The molecule has 0 aliphatic heterocycles. The van der Waals surface area contributed by atoms with Crippen LogP contribution in [0.15, 0.2) is 6.33 Å². The van der Waals surface area contributed by atoms with Gasteiger partial charge in [-0.05, 0) is 6.42 Å². The Morgan fingerprint density at radius 3 is 2.31 bits per heavy atom. The monoisotopic (exact) mass is 222 g/mol. The highest BCUT2D eigenvalue weighted by Crippen LogP contribution is 2.34. The van der Waals surface area contributed by atoms with E-state index in [0.29, 0.717) is 0 Å². The van der Waals surface area contributed by atoms with Gasteiger partial charge in [0, 0.05) is 16.5 Å². The third-order valence-electron chi connectivity index (χ3n) is 3.18. The zero-order valence-corrected chi connectivity index (χ0v) is 11.6. The van der Waals surface area contributed by atoms with E-state index in [1.807, 2.05) is 6.33 Å². The number of nitrogens with one attached hydrogen (secondary N) is 1. The molecule has 0 saturated heterocycles. The van der Waals surface area contributed by atoms with Crippen LogP contribution < -0.4 is 0 Å². The number of H-pyrrole nitrogens is 1. The maximum atomic E-state index is 4.51. The molecule has 2 heteroatoms. The largest absolute Gasteiger partial charge is 0.348 e. The Morgan fingerprint density at radius 1 is 1.19 bits per heavy atom. The zero-order valence-electron chi connectivity index (χ0n) is 11.6. The first-order chi connectivity index (χ1) is 7.29. The first-order valence-electron chi connectivity index (χ1n) is 6.33. The van der Waals surface area contributed by atoms with Crippen molar-refractivity contribution in [1.29, 1.82) is 0 Å². The molecule has 0 saturated carbocycles. The number of aromatic nitrogens is 2. The summed E-state index contributed by atoms with van der Waals surface area (Å²) in [7, 11) is 0. The molecule has 1 rings (SSSR count). The lowest BCUT2D eigenvalue weighted by atomic mass is 9.78. The van der Waals surface area contributed by atoms with Crippen molar-refractivity contribution in [2.45, 2.75) is 71.6 Å². The van der Waals surface area contributed by atoms with E-state index in [1.54, 1.807) is 0 Å². The van der Waals surface area contributed by atoms with Gasteiger partial charge in [0.05, 0.1) is 12.0 Å². The lowest BCUT2D eigenvalue weighted by Gasteiger charge is -2.28. The number of imidazole rings is 1. The number of aromatic amines is 1. The Labute approximate surface area is 99.9 Å². The fourth-order valence-electron chi connectivity index (χ4n) is 2.12. The normalized spacial score (nSPS) is 13.1. The highest BCUT2D eigenvalue weighted by Gasteiger charge is 2.30. The van der Waals surface area contributed by atoms with E-state index in [-0.39, 0.29) is 10.8 Å². The number of nitrogens with zero attached hydrogens (tertiary/aromatic N) is 1. The van der Waals surface area contributed by atoms with E-state index in [2.05, 4.69) is 51.5 Å². The van der Waals surface area contributed by atoms with Crippen molar-refractivity contribution in [3.05, 3.63) is 17.7 Å². The second kappa shape index (κ2) is 4.60. The van der Waals surface area contributed by atoms with Gasteiger partial charge in [0.2, 0.25) is 0 Å². The number of rotatable bonds is 4. The van der Waals surface area contributed by atoms with Gasteiger partial charge in [-0.2, -0.15) is 0 Å². The summed E-state index contributed by atoms with van der Waals surface area (Å²) in [5.74, 6) is 0. The van der Waals surface area contributed by atoms with Crippen molar-refractivity contribution in [2.24, 2.45) is 0 Å². The lowest BCUT2D eigenvalue weighted by molar-refractivity contribution is 0.430. The molecule has 2 nitrogen and oxygen atoms in total. The van der Waals surface area contributed by atoms with Crippen molar-refractivity contribution < 1.29 is 0 Å². The van der Waals surface area contributed by atoms with Crippen LogP contribution in [0.1, 0.15) is 72.2 Å². The molecule has 1 aromatic heterocycles. The molecular weight excluding hydrogens is 196 g/mol. The highest BCUT2D eigenvalue weighted by atomic mass is 14.9. The molecule has 0 aromatic carbocycles. The number of unbranched alkanes of at least 4 members (excludes halogenated alkanes) is 1. The van der Waals surface area contributed by atoms with E-state index in [9.17, 15) is 0 Å². The smallest absolute Gasteiger partial charge is 0.0925 e. The molecule has 0 atom stereocenters. The first-order valence-corrected chi connectivity index (χ1v) is 6.33. The van der Waals surface area contributed by atoms with Crippen molar-refractivity contribution in [2.75, 3.05) is 0 Å². The van der Waals surface area contributed by atoms with Gasteiger partial charge in [-0.25, -0.2) is 4.98 Å². The molecule has 16 heavy (non-hydrogen) atoms. The molecule has 92 valence electrons. The van der Waals surface area contributed by atoms with Gasteiger partial charge in [0.25, 0.3) is 0 Å². The molecular formula is C14H26N2. The highest BCUT2D eigenvalue weighted by molar-refractivity contribution is 5.26. The summed E-state index contributed by atoms with van der Waals surface area (Å²) in [6.07, 6.45) is 5.58. The maximum Gasteiger partial charge on any atom is 0.0925 e. The Hall–Kier alpha value is -0.790. The van der Waals surface area contributed by atoms with Crippen LogP contribution in [0.5, 0.6) is 0 Å². The first kappa shape index (κ1) is 13.3. The van der Waals surface area contributed by atoms with Gasteiger partial charge in [-0.1, -0.05) is 54.4 Å². The second-order valence-electron chi connectivity index (χ2n) is 6.36. The average Bonchev–Trinajstić information content (AvgIpc) is 2.63. The number of hydrogen-bond donors (Lipinski definition) is 1. The van der Waals surface area contributed by atoms with E-state index in [4.69, 9.17) is 0 Å². The summed E-state index contributed by atoms with van der Waals surface area (Å²) >= 11 is 0. The fraction of sp³-hybridized carbons (Fsp3) is 0.786. The van der Waals surface area contributed by atoms with Crippen LogP contribution in [0.2, 0.25) is 0 Å². The van der Waals surface area contributed by atoms with Crippen LogP contribution in [0.25, 0.3) is 0 Å². The molecule has 1 heterocycles. The molecule has 0 unspecified atom stereocenters. The summed E-state index contributed by atoms with van der Waals surface area (Å²) < 4.78 is 0. The topological polar surface area (TPSA) is 28.7 Å². The molecule has 0 fully saturated rings. The average molecular weight is 222 g/mol. The molecule has 1 N–H and O–H groups in total. The van der Waals surface area contributed by atoms with Gasteiger partial charge in [-0.3, -0.25) is 0 Å². The van der Waals surface area contributed by atoms with Crippen molar-refractivity contribution in [1.82, 2.24) is 9.97 Å². The predicted molar refractivity (Wildman–Crippen MR) is 69.8 cm³/mol. The van der Waals surface area contributed by atoms with Crippen molar-refractivity contribution in [3.63, 3.8) is 0 Å². The SMILES string of the molecule is CCCCC(C)(C)c1[nH]cnc1C(C)(C)C. The Balaban J connectivity index is 2.99.